The van der Waals surface area contributed by atoms with Gasteiger partial charge in [0.05, 0.1) is 11.0 Å². The molecule has 0 bridgehead atoms. The van der Waals surface area contributed by atoms with Gasteiger partial charge in [0.25, 0.3) is 10.0 Å². The number of hydrogen-bond acceptors (Lipinski definition) is 6. The number of halogens is 1. The minimum atomic E-state index is -3.90. The minimum Gasteiger partial charge on any atom is -0.313 e. The van der Waals surface area contributed by atoms with Crippen molar-refractivity contribution in [2.75, 3.05) is 19.6 Å². The summed E-state index contributed by atoms with van der Waals surface area (Å²) in [5.41, 5.74) is 0.539. The topological polar surface area (TPSA) is 92.5 Å². The number of hydrogen-bond donors (Lipinski definition) is 1. The third-order valence-corrected chi connectivity index (χ3v) is 7.15. The summed E-state index contributed by atoms with van der Waals surface area (Å²) in [5.74, 6) is -0.442. The van der Waals surface area contributed by atoms with Gasteiger partial charge in [0.2, 0.25) is 0 Å². The van der Waals surface area contributed by atoms with Crippen LogP contribution in [0.25, 0.3) is 0 Å². The molecule has 0 aliphatic carbocycles. The first kappa shape index (κ1) is 17.0. The van der Waals surface area contributed by atoms with Gasteiger partial charge in [-0.3, -0.25) is 10.1 Å². The second-order valence-electron chi connectivity index (χ2n) is 5.24. The molecule has 10 heteroatoms. The highest BCUT2D eigenvalue weighted by Gasteiger charge is 2.36. The number of nitrogens with one attached hydrogen (secondary N) is 1. The van der Waals surface area contributed by atoms with Gasteiger partial charge in [-0.1, -0.05) is 12.1 Å². The van der Waals surface area contributed by atoms with E-state index in [9.17, 15) is 22.9 Å². The van der Waals surface area contributed by atoms with Crippen LogP contribution in [0, 0.1) is 15.9 Å². The van der Waals surface area contributed by atoms with Gasteiger partial charge in [-0.25, -0.2) is 12.8 Å². The smallest absolute Gasteiger partial charge is 0.313 e. The number of thiophene rings is 1. The van der Waals surface area contributed by atoms with Crippen molar-refractivity contribution >= 4 is 26.4 Å². The van der Waals surface area contributed by atoms with Gasteiger partial charge in [0.1, 0.15) is 10.0 Å². The summed E-state index contributed by atoms with van der Waals surface area (Å²) in [4.78, 5) is 10.2. The summed E-state index contributed by atoms with van der Waals surface area (Å²) in [5, 5.41) is 13.7. The Hall–Kier alpha value is -1.88. The average Bonchev–Trinajstić information content (AvgIpc) is 3.06. The highest BCUT2D eigenvalue weighted by Crippen LogP contribution is 2.34. The first-order valence-corrected chi connectivity index (χ1v) is 9.37. The number of sulfonamides is 1. The van der Waals surface area contributed by atoms with Gasteiger partial charge in [0.15, 0.2) is 0 Å². The second kappa shape index (κ2) is 6.55. The standard InChI is InChI=1S/C14H14FN3O4S2/c15-11-3-1-2-10(8-11)12-9-16-6-7-17(12)24(21,22)14-5-4-13(23-14)18(19)20/h1-5,8,12,16H,6-7,9H2. The number of benzene rings is 1. The van der Waals surface area contributed by atoms with E-state index in [1.165, 1.54) is 34.6 Å². The predicted octanol–water partition coefficient (Wildman–Crippen LogP) is 2.13. The number of nitrogens with zero attached hydrogens (tertiary/aromatic N) is 2. The molecule has 0 spiro atoms. The quantitative estimate of drug-likeness (QED) is 0.656. The molecule has 3 rings (SSSR count). The van der Waals surface area contributed by atoms with Crippen LogP contribution in [0.2, 0.25) is 0 Å². The fourth-order valence-electron chi connectivity index (χ4n) is 2.63. The van der Waals surface area contributed by atoms with Crippen molar-refractivity contribution in [3.05, 3.63) is 57.9 Å². The molecule has 1 unspecified atom stereocenters. The Labute approximate surface area is 141 Å². The molecule has 1 saturated heterocycles. The molecule has 1 aliphatic heterocycles. The molecule has 0 saturated carbocycles. The van der Waals surface area contributed by atoms with E-state index in [0.29, 0.717) is 30.0 Å². The van der Waals surface area contributed by atoms with Crippen molar-refractivity contribution in [3.8, 4) is 0 Å². The molecule has 0 amide bonds. The molecule has 0 radical (unpaired) electrons. The van der Waals surface area contributed by atoms with E-state index in [1.807, 2.05) is 0 Å². The van der Waals surface area contributed by atoms with E-state index in [1.54, 1.807) is 6.07 Å². The first-order chi connectivity index (χ1) is 11.4. The molecule has 1 N–H and O–H groups in total. The first-order valence-electron chi connectivity index (χ1n) is 7.12. The molecular formula is C14H14FN3O4S2. The van der Waals surface area contributed by atoms with Crippen LogP contribution in [-0.2, 0) is 10.0 Å². The van der Waals surface area contributed by atoms with Crippen molar-refractivity contribution in [1.29, 1.82) is 0 Å². The van der Waals surface area contributed by atoms with Crippen LogP contribution in [0.1, 0.15) is 11.6 Å². The fourth-order valence-corrected chi connectivity index (χ4v) is 5.49. The van der Waals surface area contributed by atoms with Crippen LogP contribution in [0.15, 0.2) is 40.6 Å². The summed E-state index contributed by atoms with van der Waals surface area (Å²) >= 11 is 0.619. The Morgan fingerprint density at radius 1 is 1.33 bits per heavy atom. The second-order valence-corrected chi connectivity index (χ2v) is 8.42. The minimum absolute atomic E-state index is 0.0856. The molecule has 1 aromatic carbocycles. The largest absolute Gasteiger partial charge is 0.325 e. The van der Waals surface area contributed by atoms with Crippen molar-refractivity contribution < 1.29 is 17.7 Å². The highest BCUT2D eigenvalue weighted by molar-refractivity contribution is 7.91. The maximum atomic E-state index is 13.5. The molecule has 24 heavy (non-hydrogen) atoms. The molecule has 128 valence electrons. The zero-order valence-electron chi connectivity index (χ0n) is 12.4. The van der Waals surface area contributed by atoms with Crippen molar-refractivity contribution in [1.82, 2.24) is 9.62 Å². The summed E-state index contributed by atoms with van der Waals surface area (Å²) in [7, 11) is -3.90. The van der Waals surface area contributed by atoms with Gasteiger partial charge in [-0.15, -0.1) is 0 Å². The molecular weight excluding hydrogens is 357 g/mol. The lowest BCUT2D eigenvalue weighted by molar-refractivity contribution is -0.380. The van der Waals surface area contributed by atoms with Gasteiger partial charge >= 0.3 is 5.00 Å². The van der Waals surface area contributed by atoms with E-state index < -0.39 is 26.8 Å². The van der Waals surface area contributed by atoms with Crippen molar-refractivity contribution in [2.45, 2.75) is 10.3 Å². The van der Waals surface area contributed by atoms with Gasteiger partial charge in [0, 0.05) is 25.7 Å². The summed E-state index contributed by atoms with van der Waals surface area (Å²) in [6, 6.07) is 7.64. The third-order valence-electron chi connectivity index (χ3n) is 3.74. The Bertz CT molecular complexity index is 868. The van der Waals surface area contributed by atoms with Crippen LogP contribution in [0.3, 0.4) is 0 Å². The van der Waals surface area contributed by atoms with Crippen LogP contribution < -0.4 is 5.32 Å². The molecule has 2 heterocycles. The Balaban J connectivity index is 1.98. The lowest BCUT2D eigenvalue weighted by Gasteiger charge is -2.35. The van der Waals surface area contributed by atoms with Crippen LogP contribution in [0.5, 0.6) is 0 Å². The maximum Gasteiger partial charge on any atom is 0.325 e. The van der Waals surface area contributed by atoms with E-state index in [4.69, 9.17) is 0 Å². The van der Waals surface area contributed by atoms with Crippen molar-refractivity contribution in [2.24, 2.45) is 0 Å². The predicted molar refractivity (Wildman–Crippen MR) is 86.9 cm³/mol. The monoisotopic (exact) mass is 371 g/mol. The van der Waals surface area contributed by atoms with E-state index in [2.05, 4.69) is 5.32 Å². The van der Waals surface area contributed by atoms with Crippen LogP contribution in [0.4, 0.5) is 9.39 Å². The lowest BCUT2D eigenvalue weighted by atomic mass is 10.1. The molecule has 2 aromatic rings. The highest BCUT2D eigenvalue weighted by atomic mass is 32.2. The molecule has 1 aliphatic rings. The van der Waals surface area contributed by atoms with Crippen LogP contribution in [-0.4, -0.2) is 37.3 Å². The molecule has 1 aromatic heterocycles. The molecule has 1 fully saturated rings. The summed E-state index contributed by atoms with van der Waals surface area (Å²) in [6.45, 7) is 1.00. The lowest BCUT2D eigenvalue weighted by Crippen LogP contribution is -2.48. The number of piperazine rings is 1. The number of rotatable bonds is 4. The van der Waals surface area contributed by atoms with E-state index in [-0.39, 0.29) is 15.8 Å². The summed E-state index contributed by atoms with van der Waals surface area (Å²) < 4.78 is 40.5. The Morgan fingerprint density at radius 3 is 2.79 bits per heavy atom. The maximum absolute atomic E-state index is 13.5. The van der Waals surface area contributed by atoms with Gasteiger partial charge in [-0.2, -0.15) is 4.31 Å². The zero-order valence-corrected chi connectivity index (χ0v) is 14.0. The summed E-state index contributed by atoms with van der Waals surface area (Å²) in [6.07, 6.45) is 0. The van der Waals surface area contributed by atoms with Gasteiger partial charge in [-0.05, 0) is 35.1 Å². The Morgan fingerprint density at radius 2 is 2.12 bits per heavy atom. The average molecular weight is 371 g/mol. The number of nitro groups is 1. The fraction of sp³-hybridized carbons (Fsp3) is 0.286. The normalized spacial score (nSPS) is 19.3. The van der Waals surface area contributed by atoms with Crippen molar-refractivity contribution in [3.63, 3.8) is 0 Å². The SMILES string of the molecule is O=[N+]([O-])c1ccc(S(=O)(=O)N2CCNCC2c2cccc(F)c2)s1. The van der Waals surface area contributed by atoms with Gasteiger partial charge < -0.3 is 5.32 Å². The third kappa shape index (κ3) is 3.18. The van der Waals surface area contributed by atoms with Crippen LogP contribution >= 0.6 is 11.3 Å². The molecule has 1 atom stereocenters. The zero-order chi connectivity index (χ0) is 17.3. The van der Waals surface area contributed by atoms with E-state index >= 15 is 0 Å². The van der Waals surface area contributed by atoms with E-state index in [0.717, 1.165) is 0 Å². The Kier molecular flexibility index (Phi) is 4.63. The molecule has 7 nitrogen and oxygen atoms in total.